The second-order valence-corrected chi connectivity index (χ2v) is 8.41. The standard InChI is InChI=1S/C20H14Cl2F3N7O/c21-13-4-1-10(5-14(13)22)8-31-9-26-19(30-31)29-18(33)12-7-27-32-16(20(23,24)25)6-15(11-2-3-11)28-17(12)32/h1,4-7,9,11H,2-3,8H2,(H,29,30,33). The number of carbonyl (C=O) groups is 1. The summed E-state index contributed by atoms with van der Waals surface area (Å²) in [5.74, 6) is -0.777. The van der Waals surface area contributed by atoms with E-state index in [0.29, 0.717) is 26.8 Å². The third-order valence-corrected chi connectivity index (χ3v) is 5.85. The minimum Gasteiger partial charge on any atom is -0.289 e. The van der Waals surface area contributed by atoms with Crippen molar-refractivity contribution < 1.29 is 18.0 Å². The number of fused-ring (bicyclic) bond motifs is 1. The van der Waals surface area contributed by atoms with Gasteiger partial charge < -0.3 is 0 Å². The molecule has 1 saturated carbocycles. The van der Waals surface area contributed by atoms with Crippen LogP contribution in [0.5, 0.6) is 0 Å². The van der Waals surface area contributed by atoms with Crippen LogP contribution in [0.3, 0.4) is 0 Å². The van der Waals surface area contributed by atoms with E-state index in [1.165, 1.54) is 11.0 Å². The number of hydrogen-bond acceptors (Lipinski definition) is 5. The number of aromatic nitrogens is 6. The Labute approximate surface area is 194 Å². The first-order chi connectivity index (χ1) is 15.7. The molecule has 1 aliphatic rings. The zero-order valence-electron chi connectivity index (χ0n) is 16.6. The third-order valence-electron chi connectivity index (χ3n) is 5.11. The summed E-state index contributed by atoms with van der Waals surface area (Å²) in [6.45, 7) is 0.317. The minimum atomic E-state index is -4.64. The normalized spacial score (nSPS) is 14.1. The number of halogens is 5. The van der Waals surface area contributed by atoms with Crippen molar-refractivity contribution in [3.63, 3.8) is 0 Å². The Hall–Kier alpha value is -3.18. The fourth-order valence-corrected chi connectivity index (χ4v) is 3.67. The molecule has 1 N–H and O–H groups in total. The maximum absolute atomic E-state index is 13.5. The van der Waals surface area contributed by atoms with E-state index < -0.39 is 17.8 Å². The van der Waals surface area contributed by atoms with E-state index in [2.05, 4.69) is 25.5 Å². The highest BCUT2D eigenvalue weighted by atomic mass is 35.5. The van der Waals surface area contributed by atoms with Gasteiger partial charge in [-0.25, -0.2) is 19.2 Å². The second-order valence-electron chi connectivity index (χ2n) is 7.60. The van der Waals surface area contributed by atoms with Crippen LogP contribution in [0.1, 0.15) is 46.1 Å². The molecule has 8 nitrogen and oxygen atoms in total. The summed E-state index contributed by atoms with van der Waals surface area (Å²) in [5.41, 5.74) is -0.138. The highest BCUT2D eigenvalue weighted by Crippen LogP contribution is 2.41. The van der Waals surface area contributed by atoms with Crippen LogP contribution in [0.25, 0.3) is 5.65 Å². The number of alkyl halides is 3. The van der Waals surface area contributed by atoms with E-state index in [4.69, 9.17) is 23.2 Å². The molecule has 1 aliphatic carbocycles. The molecule has 3 aromatic heterocycles. The van der Waals surface area contributed by atoms with E-state index in [-0.39, 0.29) is 23.1 Å². The van der Waals surface area contributed by atoms with Gasteiger partial charge >= 0.3 is 6.18 Å². The SMILES string of the molecule is O=C(Nc1ncn(Cc2ccc(Cl)c(Cl)c2)n1)c1cnn2c(C(F)(F)F)cc(C3CC3)nc12. The number of nitrogens with one attached hydrogen (secondary N) is 1. The van der Waals surface area contributed by atoms with Crippen LogP contribution < -0.4 is 5.32 Å². The number of carbonyl (C=O) groups excluding carboxylic acids is 1. The molecule has 3 heterocycles. The van der Waals surface area contributed by atoms with Crippen molar-refractivity contribution in [2.24, 2.45) is 0 Å². The highest BCUT2D eigenvalue weighted by Gasteiger charge is 2.38. The molecule has 170 valence electrons. The number of benzene rings is 1. The van der Waals surface area contributed by atoms with E-state index in [9.17, 15) is 18.0 Å². The number of nitrogens with zero attached hydrogens (tertiary/aromatic N) is 6. The van der Waals surface area contributed by atoms with Crippen LogP contribution in [0.15, 0.2) is 36.8 Å². The average Bonchev–Trinajstić information content (AvgIpc) is 3.37. The zero-order valence-corrected chi connectivity index (χ0v) is 18.2. The summed E-state index contributed by atoms with van der Waals surface area (Å²) < 4.78 is 42.7. The van der Waals surface area contributed by atoms with Gasteiger partial charge in [0.2, 0.25) is 5.95 Å². The molecule has 0 atom stereocenters. The maximum Gasteiger partial charge on any atom is 0.433 e. The first kappa shape index (κ1) is 21.7. The predicted molar refractivity (Wildman–Crippen MR) is 114 cm³/mol. The van der Waals surface area contributed by atoms with Crippen LogP contribution in [0.4, 0.5) is 19.1 Å². The van der Waals surface area contributed by atoms with Crippen molar-refractivity contribution in [1.82, 2.24) is 29.4 Å². The van der Waals surface area contributed by atoms with Gasteiger partial charge in [-0.2, -0.15) is 18.3 Å². The molecule has 0 unspecified atom stereocenters. The molecule has 0 spiro atoms. The van der Waals surface area contributed by atoms with Crippen LogP contribution in [-0.2, 0) is 12.7 Å². The lowest BCUT2D eigenvalue weighted by Gasteiger charge is -2.11. The fourth-order valence-electron chi connectivity index (χ4n) is 3.35. The summed E-state index contributed by atoms with van der Waals surface area (Å²) in [7, 11) is 0. The Kier molecular flexibility index (Phi) is 5.25. The van der Waals surface area contributed by atoms with Gasteiger partial charge in [0.05, 0.1) is 22.8 Å². The number of amides is 1. The topological polar surface area (TPSA) is 90.0 Å². The van der Waals surface area contributed by atoms with E-state index in [0.717, 1.165) is 30.7 Å². The zero-order chi connectivity index (χ0) is 23.3. The Balaban J connectivity index is 1.39. The Bertz CT molecular complexity index is 1380. The molecule has 1 aromatic carbocycles. The monoisotopic (exact) mass is 495 g/mol. The molecule has 33 heavy (non-hydrogen) atoms. The molecular weight excluding hydrogens is 482 g/mol. The van der Waals surface area contributed by atoms with Crippen molar-refractivity contribution in [1.29, 1.82) is 0 Å². The van der Waals surface area contributed by atoms with Gasteiger partial charge in [0.25, 0.3) is 5.91 Å². The first-order valence-corrected chi connectivity index (χ1v) is 10.6. The molecule has 0 saturated heterocycles. The predicted octanol–water partition coefficient (Wildman–Crippen LogP) is 4.82. The van der Waals surface area contributed by atoms with Gasteiger partial charge in [0.1, 0.15) is 17.6 Å². The Morgan fingerprint density at radius 2 is 1.97 bits per heavy atom. The van der Waals surface area contributed by atoms with Crippen molar-refractivity contribution >= 4 is 40.7 Å². The summed E-state index contributed by atoms with van der Waals surface area (Å²) >= 11 is 11.9. The molecule has 4 aromatic rings. The quantitative estimate of drug-likeness (QED) is 0.428. The lowest BCUT2D eigenvalue weighted by molar-refractivity contribution is -0.142. The Morgan fingerprint density at radius 1 is 1.18 bits per heavy atom. The van der Waals surface area contributed by atoms with Gasteiger partial charge in [0.15, 0.2) is 5.65 Å². The molecule has 1 amide bonds. The van der Waals surface area contributed by atoms with Crippen molar-refractivity contribution in [3.05, 3.63) is 69.3 Å². The van der Waals surface area contributed by atoms with Crippen LogP contribution >= 0.6 is 23.2 Å². The van der Waals surface area contributed by atoms with Gasteiger partial charge in [0, 0.05) is 11.6 Å². The van der Waals surface area contributed by atoms with E-state index in [1.54, 1.807) is 18.2 Å². The van der Waals surface area contributed by atoms with Crippen molar-refractivity contribution in [2.75, 3.05) is 5.32 Å². The van der Waals surface area contributed by atoms with Crippen LogP contribution in [0, 0.1) is 0 Å². The average molecular weight is 496 g/mol. The minimum absolute atomic E-state index is 0.0196. The van der Waals surface area contributed by atoms with Gasteiger partial charge in [-0.15, -0.1) is 5.10 Å². The smallest absolute Gasteiger partial charge is 0.289 e. The second kappa shape index (κ2) is 7.99. The van der Waals surface area contributed by atoms with E-state index >= 15 is 0 Å². The van der Waals surface area contributed by atoms with Crippen molar-refractivity contribution in [3.8, 4) is 0 Å². The maximum atomic E-state index is 13.5. The number of hydrogen-bond donors (Lipinski definition) is 1. The van der Waals surface area contributed by atoms with Gasteiger partial charge in [-0.05, 0) is 36.6 Å². The summed E-state index contributed by atoms with van der Waals surface area (Å²) in [6.07, 6.45) is -0.669. The first-order valence-electron chi connectivity index (χ1n) is 9.79. The fraction of sp³-hybridized carbons (Fsp3) is 0.250. The molecule has 5 rings (SSSR count). The van der Waals surface area contributed by atoms with Crippen molar-refractivity contribution in [2.45, 2.75) is 31.5 Å². The largest absolute Gasteiger partial charge is 0.433 e. The summed E-state index contributed by atoms with van der Waals surface area (Å²) in [4.78, 5) is 21.1. The third kappa shape index (κ3) is 4.38. The number of rotatable bonds is 5. The molecule has 0 bridgehead atoms. The summed E-state index contributed by atoms with van der Waals surface area (Å²) in [5, 5.41) is 11.2. The lowest BCUT2D eigenvalue weighted by Crippen LogP contribution is -2.16. The lowest BCUT2D eigenvalue weighted by atomic mass is 10.2. The molecule has 13 heteroatoms. The molecular formula is C20H14Cl2F3N7O. The van der Waals surface area contributed by atoms with E-state index in [1.807, 2.05) is 0 Å². The summed E-state index contributed by atoms with van der Waals surface area (Å²) in [6, 6.07) is 6.10. The molecule has 0 radical (unpaired) electrons. The van der Waals surface area contributed by atoms with Crippen LogP contribution in [0.2, 0.25) is 10.0 Å². The molecule has 0 aliphatic heterocycles. The number of anilines is 1. The highest BCUT2D eigenvalue weighted by molar-refractivity contribution is 6.42. The van der Waals surface area contributed by atoms with Crippen LogP contribution in [-0.4, -0.2) is 35.3 Å². The van der Waals surface area contributed by atoms with Gasteiger partial charge in [-0.3, -0.25) is 10.1 Å². The van der Waals surface area contributed by atoms with Gasteiger partial charge in [-0.1, -0.05) is 29.3 Å². The molecule has 1 fully saturated rings. The Morgan fingerprint density at radius 3 is 2.67 bits per heavy atom.